The van der Waals surface area contributed by atoms with Crippen molar-refractivity contribution in [3.05, 3.63) is 186 Å². The Morgan fingerprint density at radius 1 is 0.478 bits per heavy atom. The SMILES string of the molecule is CC(C)(C)c1cccc(N2[CH-]N(c3[c-]c(Oc4[c-]c5c(cc4)c4cc(C(C)(C)C)ccc4n5-c4cc(C(C)(C)C)ccn4)cc(C(C)(C)c4ccccc4)c3)c3ccc(C(C)(C)C)cc32)c1.[Pt]. The van der Waals surface area contributed by atoms with Gasteiger partial charge in [0.1, 0.15) is 5.82 Å². The average Bonchev–Trinajstić information content (AvgIpc) is 3.81. The predicted molar refractivity (Wildman–Crippen MR) is 278 cm³/mol. The number of pyridine rings is 1. The van der Waals surface area contributed by atoms with Crippen LogP contribution in [0.4, 0.5) is 22.7 Å². The summed E-state index contributed by atoms with van der Waals surface area (Å²) in [4.78, 5) is 9.57. The Morgan fingerprint density at radius 2 is 1.10 bits per heavy atom. The molecule has 6 heteroatoms. The number of anilines is 4. The third kappa shape index (κ3) is 9.21. The number of rotatable bonds is 7. The van der Waals surface area contributed by atoms with E-state index in [4.69, 9.17) is 9.72 Å². The first kappa shape index (κ1) is 47.8. The van der Waals surface area contributed by atoms with E-state index in [-0.39, 0.29) is 48.1 Å². The minimum Gasteiger partial charge on any atom is -0.509 e. The zero-order valence-corrected chi connectivity index (χ0v) is 44.1. The van der Waals surface area contributed by atoms with E-state index in [2.05, 4.69) is 251 Å². The molecule has 9 rings (SSSR count). The minimum atomic E-state index is -0.364. The Morgan fingerprint density at radius 3 is 1.79 bits per heavy atom. The first-order valence-corrected chi connectivity index (χ1v) is 23.4. The molecule has 0 fully saturated rings. The summed E-state index contributed by atoms with van der Waals surface area (Å²) in [5, 5.41) is 2.27. The summed E-state index contributed by atoms with van der Waals surface area (Å²) >= 11 is 0. The van der Waals surface area contributed by atoms with E-state index in [9.17, 15) is 0 Å². The molecule has 6 aromatic carbocycles. The summed E-state index contributed by atoms with van der Waals surface area (Å²) in [5.74, 6) is 2.07. The molecule has 0 N–H and O–H groups in total. The van der Waals surface area contributed by atoms with Crippen molar-refractivity contribution >= 4 is 44.6 Å². The van der Waals surface area contributed by atoms with Gasteiger partial charge < -0.3 is 19.1 Å². The quantitative estimate of drug-likeness (QED) is 0.149. The van der Waals surface area contributed by atoms with Gasteiger partial charge in [-0.1, -0.05) is 163 Å². The van der Waals surface area contributed by atoms with Crippen molar-refractivity contribution in [1.29, 1.82) is 0 Å². The standard InChI is InChI=1S/C61H65N4O.Pt/c1-57(2,3)41-21-18-22-46(31-41)63-39-64(53-28-24-43(35-55(53)63)59(7,8)9)47-32-45(61(13,14)40-19-16-15-17-20-40)33-49(37-47)66-48-25-26-50-51-34-42(58(4,5)6)23-27-52(51)65(54(50)38-48)56-36-44(29-30-62-56)60(10,11)12;/h15-36,39H,1-14H3;/q-3;. The van der Waals surface area contributed by atoms with Gasteiger partial charge in [0.25, 0.3) is 0 Å². The number of fused-ring (bicyclic) bond motifs is 4. The molecule has 3 heterocycles. The van der Waals surface area contributed by atoms with Gasteiger partial charge in [-0.05, 0) is 103 Å². The van der Waals surface area contributed by atoms with Crippen LogP contribution in [0, 0.1) is 18.8 Å². The summed E-state index contributed by atoms with van der Waals surface area (Å²) in [6.45, 7) is 34.0. The number of nitrogens with zero attached hydrogens (tertiary/aromatic N) is 4. The molecule has 0 aliphatic carbocycles. The molecule has 0 saturated heterocycles. The normalized spacial score (nSPS) is 13.6. The molecule has 67 heavy (non-hydrogen) atoms. The van der Waals surface area contributed by atoms with Crippen LogP contribution in [0.5, 0.6) is 11.5 Å². The summed E-state index contributed by atoms with van der Waals surface area (Å²) in [7, 11) is 0. The third-order valence-corrected chi connectivity index (χ3v) is 13.5. The van der Waals surface area contributed by atoms with Crippen LogP contribution in [-0.2, 0) is 48.1 Å². The van der Waals surface area contributed by atoms with Gasteiger partial charge in [0.15, 0.2) is 0 Å². The maximum Gasteiger partial charge on any atom is 0.135 e. The Bertz CT molecular complexity index is 3120. The van der Waals surface area contributed by atoms with Crippen molar-refractivity contribution in [2.75, 3.05) is 9.80 Å². The van der Waals surface area contributed by atoms with Gasteiger partial charge in [0, 0.05) is 61.3 Å². The van der Waals surface area contributed by atoms with Gasteiger partial charge in [-0.3, -0.25) is 0 Å². The number of aromatic nitrogens is 2. The molecule has 0 atom stereocenters. The molecular formula is C61H65N4OPt-3. The second-order valence-corrected chi connectivity index (χ2v) is 22.9. The van der Waals surface area contributed by atoms with Gasteiger partial charge in [-0.25, -0.2) is 4.98 Å². The van der Waals surface area contributed by atoms with Gasteiger partial charge in [0.2, 0.25) is 0 Å². The van der Waals surface area contributed by atoms with Crippen molar-refractivity contribution in [3.63, 3.8) is 0 Å². The van der Waals surface area contributed by atoms with Crippen LogP contribution in [0.1, 0.15) is 130 Å². The molecule has 8 aromatic rings. The van der Waals surface area contributed by atoms with E-state index in [1.54, 1.807) is 0 Å². The first-order valence-electron chi connectivity index (χ1n) is 23.4. The Kier molecular flexibility index (Phi) is 12.2. The van der Waals surface area contributed by atoms with Gasteiger partial charge in [-0.2, -0.15) is 6.07 Å². The number of ether oxygens (including phenoxy) is 1. The molecule has 0 bridgehead atoms. The van der Waals surface area contributed by atoms with Crippen LogP contribution in [0.2, 0.25) is 0 Å². The maximum atomic E-state index is 7.02. The van der Waals surface area contributed by atoms with Crippen LogP contribution < -0.4 is 14.5 Å². The van der Waals surface area contributed by atoms with E-state index < -0.39 is 0 Å². The summed E-state index contributed by atoms with van der Waals surface area (Å²) in [6, 6.07) is 53.9. The molecule has 348 valence electrons. The monoisotopic (exact) mass is 1060 g/mol. The summed E-state index contributed by atoms with van der Waals surface area (Å²) in [5.41, 5.74) is 13.1. The fourth-order valence-electron chi connectivity index (χ4n) is 9.06. The second kappa shape index (κ2) is 17.1. The fraction of sp³-hybridized carbons (Fsp3) is 0.311. The maximum absolute atomic E-state index is 7.02. The molecule has 0 unspecified atom stereocenters. The third-order valence-electron chi connectivity index (χ3n) is 13.5. The van der Waals surface area contributed by atoms with E-state index in [1.165, 1.54) is 33.2 Å². The van der Waals surface area contributed by atoms with Crippen molar-refractivity contribution in [3.8, 4) is 17.3 Å². The second-order valence-electron chi connectivity index (χ2n) is 22.9. The fourth-order valence-corrected chi connectivity index (χ4v) is 9.06. The summed E-state index contributed by atoms with van der Waals surface area (Å²) < 4.78 is 9.26. The zero-order valence-electron chi connectivity index (χ0n) is 41.8. The van der Waals surface area contributed by atoms with Crippen LogP contribution in [0.25, 0.3) is 27.6 Å². The van der Waals surface area contributed by atoms with Gasteiger partial charge >= 0.3 is 0 Å². The molecule has 0 spiro atoms. The van der Waals surface area contributed by atoms with Crippen LogP contribution >= 0.6 is 0 Å². The Hall–Kier alpha value is -5.64. The molecule has 1 aliphatic heterocycles. The van der Waals surface area contributed by atoms with Crippen molar-refractivity contribution < 1.29 is 25.8 Å². The molecule has 0 amide bonds. The van der Waals surface area contributed by atoms with E-state index in [0.29, 0.717) is 11.5 Å². The van der Waals surface area contributed by atoms with Crippen LogP contribution in [0.15, 0.2) is 134 Å². The zero-order chi connectivity index (χ0) is 47.1. The topological polar surface area (TPSA) is 33.5 Å². The first-order chi connectivity index (χ1) is 31.0. The summed E-state index contributed by atoms with van der Waals surface area (Å²) in [6.07, 6.45) is 1.92. The predicted octanol–water partition coefficient (Wildman–Crippen LogP) is 16.5. The molecule has 0 saturated carbocycles. The Balaban J connectivity index is 0.00000608. The van der Waals surface area contributed by atoms with Crippen molar-refractivity contribution in [2.24, 2.45) is 0 Å². The van der Waals surface area contributed by atoms with E-state index in [0.717, 1.165) is 50.6 Å². The van der Waals surface area contributed by atoms with Gasteiger partial charge in [0.05, 0.1) is 0 Å². The molecule has 1 aliphatic rings. The average molecular weight is 1070 g/mol. The molecule has 2 aromatic heterocycles. The van der Waals surface area contributed by atoms with Crippen molar-refractivity contribution in [2.45, 2.75) is 124 Å². The van der Waals surface area contributed by atoms with Crippen LogP contribution in [0.3, 0.4) is 0 Å². The number of benzene rings is 6. The van der Waals surface area contributed by atoms with Crippen molar-refractivity contribution in [1.82, 2.24) is 9.55 Å². The van der Waals surface area contributed by atoms with Gasteiger partial charge in [-0.15, -0.1) is 53.6 Å². The number of hydrogen-bond donors (Lipinski definition) is 0. The molecule has 0 radical (unpaired) electrons. The smallest absolute Gasteiger partial charge is 0.135 e. The minimum absolute atomic E-state index is 0. The number of hydrogen-bond acceptors (Lipinski definition) is 4. The molecular weight excluding hydrogens is 1000 g/mol. The van der Waals surface area contributed by atoms with E-state index in [1.807, 2.05) is 12.3 Å². The van der Waals surface area contributed by atoms with Crippen LogP contribution in [-0.4, -0.2) is 9.55 Å². The molecule has 5 nitrogen and oxygen atoms in total. The van der Waals surface area contributed by atoms with E-state index >= 15 is 0 Å². The Labute approximate surface area is 414 Å². The largest absolute Gasteiger partial charge is 0.509 e.